The largest absolute Gasteiger partial charge is 0.382 e. The van der Waals surface area contributed by atoms with Gasteiger partial charge < -0.3 is 80.6 Å². The quantitative estimate of drug-likeness (QED) is 0.0593. The average Bonchev–Trinajstić information content (AvgIpc) is 3.56. The highest BCUT2D eigenvalue weighted by Gasteiger charge is 2.32. The highest BCUT2D eigenvalue weighted by Crippen LogP contribution is 2.13. The van der Waals surface area contributed by atoms with Gasteiger partial charge in [0.15, 0.2) is 0 Å². The summed E-state index contributed by atoms with van der Waals surface area (Å²) in [5, 5.41) is 0.543. The Bertz CT molecular complexity index is 938. The summed E-state index contributed by atoms with van der Waals surface area (Å²) in [4.78, 5) is 39.4. The van der Waals surface area contributed by atoms with Crippen LogP contribution in [0, 0.1) is 0 Å². The molecule has 1 aliphatic heterocycles. The number of amides is 2. The number of nitrogens with zero attached hydrogens (tertiary/aromatic N) is 1. The minimum Gasteiger partial charge on any atom is -0.382 e. The Labute approximate surface area is 355 Å². The number of imide groups is 1. The molecule has 1 saturated heterocycles. The Morgan fingerprint density at radius 2 is 0.550 bits per heavy atom. The smallest absolute Gasteiger partial charge is 0.333 e. The summed E-state index contributed by atoms with van der Waals surface area (Å²) in [7, 11) is 1.64. The van der Waals surface area contributed by atoms with Crippen molar-refractivity contribution in [2.24, 2.45) is 0 Å². The van der Waals surface area contributed by atoms with E-state index in [1.807, 2.05) is 0 Å². The van der Waals surface area contributed by atoms with Crippen molar-refractivity contribution in [1.29, 1.82) is 0 Å². The van der Waals surface area contributed by atoms with E-state index in [1.54, 1.807) is 7.11 Å². The van der Waals surface area contributed by atoms with Crippen LogP contribution in [-0.2, 0) is 95.0 Å². The maximum Gasteiger partial charge on any atom is 0.333 e. The number of carbonyl (C=O) groups is 3. The molecule has 21 heteroatoms. The first-order valence-corrected chi connectivity index (χ1v) is 20.9. The molecular weight excluding hydrogens is 802 g/mol. The topological polar surface area (TPSA) is 211 Å². The molecule has 2 amide bonds. The van der Waals surface area contributed by atoms with Crippen molar-refractivity contribution >= 4 is 17.8 Å². The van der Waals surface area contributed by atoms with Crippen LogP contribution in [0.5, 0.6) is 0 Å². The standard InChI is InChI=1S/C39H73NO20/c1-44-7-8-46-11-12-48-15-16-50-19-20-52-23-24-54-27-28-56-31-32-58-35-36-59-34-33-57-30-29-55-26-25-53-22-21-51-18-17-49-14-13-47-10-9-45-6-2-3-39(43)60-40-37(41)4-5-38(40)42/h2-36H2,1H3. The fourth-order valence-electron chi connectivity index (χ4n) is 4.45. The van der Waals surface area contributed by atoms with E-state index in [2.05, 4.69) is 0 Å². The molecule has 0 radical (unpaired) electrons. The highest BCUT2D eigenvalue weighted by atomic mass is 16.7. The number of carbonyl (C=O) groups excluding carboxylic acids is 3. The molecule has 0 N–H and O–H groups in total. The van der Waals surface area contributed by atoms with Crippen LogP contribution in [0.2, 0.25) is 0 Å². The molecule has 0 spiro atoms. The lowest BCUT2D eigenvalue weighted by Gasteiger charge is -2.12. The summed E-state index contributed by atoms with van der Waals surface area (Å²) in [5.41, 5.74) is 0. The lowest BCUT2D eigenvalue weighted by Crippen LogP contribution is -2.32. The van der Waals surface area contributed by atoms with Gasteiger partial charge in [-0.1, -0.05) is 0 Å². The third kappa shape index (κ3) is 40.1. The second-order valence-electron chi connectivity index (χ2n) is 12.3. The molecule has 0 saturated carbocycles. The summed E-state index contributed by atoms with van der Waals surface area (Å²) in [6, 6.07) is 0. The van der Waals surface area contributed by atoms with Crippen LogP contribution < -0.4 is 0 Å². The summed E-state index contributed by atoms with van der Waals surface area (Å²) in [6.07, 6.45) is 0.589. The Kier molecular flexibility index (Phi) is 43.4. The predicted octanol–water partition coefficient (Wildman–Crippen LogP) is 0.269. The van der Waals surface area contributed by atoms with Crippen LogP contribution in [0.1, 0.15) is 25.7 Å². The fourth-order valence-corrected chi connectivity index (χ4v) is 4.45. The van der Waals surface area contributed by atoms with E-state index >= 15 is 0 Å². The van der Waals surface area contributed by atoms with E-state index < -0.39 is 17.8 Å². The Morgan fingerprint density at radius 1 is 0.350 bits per heavy atom. The van der Waals surface area contributed by atoms with E-state index in [0.29, 0.717) is 216 Å². The molecule has 0 atom stereocenters. The first-order chi connectivity index (χ1) is 29.6. The number of hydrogen-bond donors (Lipinski definition) is 0. The van der Waals surface area contributed by atoms with Crippen LogP contribution in [0.3, 0.4) is 0 Å². The van der Waals surface area contributed by atoms with Crippen LogP contribution in [-0.4, -0.2) is 235 Å². The Morgan fingerprint density at radius 3 is 0.767 bits per heavy atom. The van der Waals surface area contributed by atoms with Gasteiger partial charge in [-0.2, -0.15) is 0 Å². The van der Waals surface area contributed by atoms with Gasteiger partial charge in [0.1, 0.15) is 0 Å². The SMILES string of the molecule is COCCOCCOCCOCCOCCOCCOCCOCCOCCOCCOCCOCCOCCOCCOCCOCCCC(=O)ON1C(=O)CCC1=O. The lowest BCUT2D eigenvalue weighted by atomic mass is 10.3. The molecule has 1 heterocycles. The maximum atomic E-state index is 11.7. The van der Waals surface area contributed by atoms with Gasteiger partial charge in [0.25, 0.3) is 11.8 Å². The van der Waals surface area contributed by atoms with Gasteiger partial charge in [0.2, 0.25) is 0 Å². The third-order valence-corrected chi connectivity index (χ3v) is 7.51. The van der Waals surface area contributed by atoms with E-state index in [9.17, 15) is 14.4 Å². The number of rotatable bonds is 50. The molecule has 0 unspecified atom stereocenters. The normalized spacial score (nSPS) is 13.0. The van der Waals surface area contributed by atoms with Crippen molar-refractivity contribution < 1.29 is 95.0 Å². The molecular formula is C39H73NO20. The molecule has 1 aliphatic rings. The zero-order chi connectivity index (χ0) is 43.1. The van der Waals surface area contributed by atoms with Gasteiger partial charge in [0, 0.05) is 26.6 Å². The number of hydroxylamine groups is 2. The zero-order valence-corrected chi connectivity index (χ0v) is 35.9. The average molecular weight is 876 g/mol. The molecule has 354 valence electrons. The number of methoxy groups -OCH3 is 1. The van der Waals surface area contributed by atoms with Gasteiger partial charge in [-0.25, -0.2) is 4.79 Å². The van der Waals surface area contributed by atoms with E-state index in [1.165, 1.54) is 0 Å². The van der Waals surface area contributed by atoms with E-state index in [0.717, 1.165) is 0 Å². The second kappa shape index (κ2) is 46.5. The van der Waals surface area contributed by atoms with Gasteiger partial charge in [-0.05, 0) is 6.42 Å². The summed E-state index contributed by atoms with van der Waals surface area (Å²) in [6.45, 7) is 14.9. The van der Waals surface area contributed by atoms with Crippen LogP contribution in [0.4, 0.5) is 0 Å². The maximum absolute atomic E-state index is 11.7. The molecule has 0 bridgehead atoms. The molecule has 60 heavy (non-hydrogen) atoms. The highest BCUT2D eigenvalue weighted by molar-refractivity contribution is 6.01. The van der Waals surface area contributed by atoms with Crippen LogP contribution in [0.25, 0.3) is 0 Å². The summed E-state index contributed by atoms with van der Waals surface area (Å²) >= 11 is 0. The van der Waals surface area contributed by atoms with Crippen molar-refractivity contribution in [2.75, 3.05) is 212 Å². The molecule has 21 nitrogen and oxygen atoms in total. The monoisotopic (exact) mass is 875 g/mol. The molecule has 0 aromatic rings. The van der Waals surface area contributed by atoms with Crippen LogP contribution in [0.15, 0.2) is 0 Å². The summed E-state index contributed by atoms with van der Waals surface area (Å²) in [5.74, 6) is -1.63. The van der Waals surface area contributed by atoms with Gasteiger partial charge >= 0.3 is 5.97 Å². The van der Waals surface area contributed by atoms with E-state index in [4.69, 9.17) is 80.6 Å². The third-order valence-electron chi connectivity index (χ3n) is 7.51. The van der Waals surface area contributed by atoms with Crippen molar-refractivity contribution in [1.82, 2.24) is 5.06 Å². The van der Waals surface area contributed by atoms with Crippen molar-refractivity contribution in [3.05, 3.63) is 0 Å². The minimum absolute atomic E-state index is 0.0444. The van der Waals surface area contributed by atoms with Gasteiger partial charge in [0.05, 0.1) is 205 Å². The first kappa shape index (κ1) is 56.0. The lowest BCUT2D eigenvalue weighted by molar-refractivity contribution is -0.197. The zero-order valence-electron chi connectivity index (χ0n) is 35.9. The molecule has 0 aromatic heterocycles. The van der Waals surface area contributed by atoms with Crippen molar-refractivity contribution in [3.63, 3.8) is 0 Å². The van der Waals surface area contributed by atoms with E-state index in [-0.39, 0.29) is 19.3 Å². The molecule has 0 aliphatic carbocycles. The minimum atomic E-state index is -0.639. The fraction of sp³-hybridized carbons (Fsp3) is 0.923. The number of hydrogen-bond acceptors (Lipinski definition) is 20. The predicted molar refractivity (Wildman–Crippen MR) is 211 cm³/mol. The Balaban J connectivity index is 1.62. The Hall–Kier alpha value is -2.03. The van der Waals surface area contributed by atoms with Crippen molar-refractivity contribution in [3.8, 4) is 0 Å². The second-order valence-corrected chi connectivity index (χ2v) is 12.3. The number of ether oxygens (including phenoxy) is 16. The molecule has 1 rings (SSSR count). The molecule has 0 aromatic carbocycles. The van der Waals surface area contributed by atoms with Crippen molar-refractivity contribution in [2.45, 2.75) is 25.7 Å². The molecule has 1 fully saturated rings. The van der Waals surface area contributed by atoms with Gasteiger partial charge in [-0.15, -0.1) is 5.06 Å². The first-order valence-electron chi connectivity index (χ1n) is 20.9. The summed E-state index contributed by atoms with van der Waals surface area (Å²) < 4.78 is 86.6. The van der Waals surface area contributed by atoms with Crippen LogP contribution >= 0.6 is 0 Å². The van der Waals surface area contributed by atoms with Gasteiger partial charge in [-0.3, -0.25) is 9.59 Å².